The third-order valence-corrected chi connectivity index (χ3v) is 3.93. The highest BCUT2D eigenvalue weighted by Crippen LogP contribution is 2.47. The highest BCUT2D eigenvalue weighted by atomic mass is 16.5. The van der Waals surface area contributed by atoms with Crippen molar-refractivity contribution in [1.29, 1.82) is 10.5 Å². The van der Waals surface area contributed by atoms with E-state index in [0.717, 1.165) is 24.0 Å². The van der Waals surface area contributed by atoms with Crippen molar-refractivity contribution in [2.45, 2.75) is 25.7 Å². The van der Waals surface area contributed by atoms with E-state index in [0.29, 0.717) is 16.9 Å². The molecule has 0 amide bonds. The average molecular weight is 277 g/mol. The van der Waals surface area contributed by atoms with Crippen molar-refractivity contribution >= 4 is 0 Å². The monoisotopic (exact) mass is 277 g/mol. The Morgan fingerprint density at radius 1 is 1.10 bits per heavy atom. The molecule has 1 aromatic carbocycles. The molecule has 0 saturated heterocycles. The molecule has 2 N–H and O–H groups in total. The predicted octanol–water partition coefficient (Wildman–Crippen LogP) is 2.99. The summed E-state index contributed by atoms with van der Waals surface area (Å²) in [7, 11) is 0. The van der Waals surface area contributed by atoms with E-state index in [1.54, 1.807) is 0 Å². The fraction of sp³-hybridized carbons (Fsp3) is 0.294. The van der Waals surface area contributed by atoms with Gasteiger partial charge >= 0.3 is 0 Å². The summed E-state index contributed by atoms with van der Waals surface area (Å²) in [6, 6.07) is 12.2. The summed E-state index contributed by atoms with van der Waals surface area (Å²) < 4.78 is 5.58. The molecule has 1 fully saturated rings. The Morgan fingerprint density at radius 3 is 2.24 bits per heavy atom. The maximum atomic E-state index is 9.56. The minimum Gasteiger partial charge on any atom is -0.444 e. The van der Waals surface area contributed by atoms with Crippen LogP contribution in [0.2, 0.25) is 0 Å². The molecule has 0 radical (unpaired) electrons. The summed E-state index contributed by atoms with van der Waals surface area (Å²) in [5, 5.41) is 19.0. The molecule has 0 bridgehead atoms. The molecule has 4 heteroatoms. The quantitative estimate of drug-likeness (QED) is 0.900. The number of hydrogen-bond acceptors (Lipinski definition) is 4. The molecule has 0 spiro atoms. The number of benzene rings is 1. The third kappa shape index (κ3) is 2.26. The zero-order valence-electron chi connectivity index (χ0n) is 11.8. The van der Waals surface area contributed by atoms with Gasteiger partial charge in [-0.1, -0.05) is 29.8 Å². The van der Waals surface area contributed by atoms with Gasteiger partial charge in [-0.3, -0.25) is 0 Å². The number of aryl methyl sites for hydroxylation is 1. The fourth-order valence-electron chi connectivity index (χ4n) is 2.64. The van der Waals surface area contributed by atoms with E-state index >= 15 is 0 Å². The molecule has 104 valence electrons. The lowest BCUT2D eigenvalue weighted by Crippen LogP contribution is -2.21. The van der Waals surface area contributed by atoms with E-state index in [-0.39, 0.29) is 11.8 Å². The van der Waals surface area contributed by atoms with Crippen LogP contribution in [-0.2, 0) is 4.74 Å². The number of nitriles is 2. The smallest absolute Gasteiger partial charge is 0.205 e. The van der Waals surface area contributed by atoms with Crippen LogP contribution in [0, 0.1) is 35.5 Å². The first kappa shape index (κ1) is 13.3. The summed E-state index contributed by atoms with van der Waals surface area (Å²) in [6.45, 7) is 2.00. The summed E-state index contributed by atoms with van der Waals surface area (Å²) in [6.07, 6.45) is 2.02. The van der Waals surface area contributed by atoms with E-state index in [1.807, 2.05) is 31.2 Å². The Labute approximate surface area is 123 Å². The molecular weight excluding hydrogens is 262 g/mol. The Hall–Kier alpha value is -2.72. The van der Waals surface area contributed by atoms with Gasteiger partial charge in [-0.2, -0.15) is 10.5 Å². The van der Waals surface area contributed by atoms with Crippen LogP contribution in [0.25, 0.3) is 0 Å². The van der Waals surface area contributed by atoms with Gasteiger partial charge in [0.25, 0.3) is 0 Å². The van der Waals surface area contributed by atoms with Gasteiger partial charge in [0.05, 0.1) is 17.6 Å². The lowest BCUT2D eigenvalue weighted by Gasteiger charge is -2.26. The van der Waals surface area contributed by atoms with Crippen LogP contribution >= 0.6 is 0 Å². The number of nitrogens with zero attached hydrogens (tertiary/aromatic N) is 2. The predicted molar refractivity (Wildman–Crippen MR) is 77.2 cm³/mol. The molecule has 0 aromatic heterocycles. The Bertz CT molecular complexity index is 725. The number of rotatable bonds is 2. The van der Waals surface area contributed by atoms with Crippen molar-refractivity contribution in [2.75, 3.05) is 0 Å². The largest absolute Gasteiger partial charge is 0.444 e. The average Bonchev–Trinajstić information content (AvgIpc) is 3.31. The summed E-state index contributed by atoms with van der Waals surface area (Å²) in [4.78, 5) is 0. The standard InChI is InChI=1S/C17H15N3O/c1-10-2-4-11(5-3-10)15-13(8-18)16(12-6-7-12)21-17(20)14(15)9-19/h2-5,12,15H,6-7,20H2,1H3. The second kappa shape index (κ2) is 5.00. The molecule has 1 aliphatic carbocycles. The molecule has 1 aromatic rings. The van der Waals surface area contributed by atoms with E-state index in [4.69, 9.17) is 10.5 Å². The first-order valence-corrected chi connectivity index (χ1v) is 6.94. The van der Waals surface area contributed by atoms with Crippen LogP contribution in [0.3, 0.4) is 0 Å². The van der Waals surface area contributed by atoms with Gasteiger partial charge in [0.15, 0.2) is 0 Å². The Balaban J connectivity index is 2.15. The number of hydrogen-bond donors (Lipinski definition) is 1. The van der Waals surface area contributed by atoms with Gasteiger partial charge in [-0.15, -0.1) is 0 Å². The van der Waals surface area contributed by atoms with Crippen LogP contribution < -0.4 is 5.73 Å². The van der Waals surface area contributed by atoms with E-state index in [2.05, 4.69) is 12.1 Å². The maximum absolute atomic E-state index is 9.56. The third-order valence-electron chi connectivity index (χ3n) is 3.93. The van der Waals surface area contributed by atoms with Crippen molar-refractivity contribution in [1.82, 2.24) is 0 Å². The molecule has 1 atom stereocenters. The van der Waals surface area contributed by atoms with Crippen molar-refractivity contribution in [3.63, 3.8) is 0 Å². The topological polar surface area (TPSA) is 82.8 Å². The van der Waals surface area contributed by atoms with Gasteiger partial charge in [-0.25, -0.2) is 0 Å². The van der Waals surface area contributed by atoms with E-state index < -0.39 is 5.92 Å². The molecular formula is C17H15N3O. The molecule has 1 saturated carbocycles. The van der Waals surface area contributed by atoms with Crippen LogP contribution in [0.15, 0.2) is 47.1 Å². The van der Waals surface area contributed by atoms with Crippen LogP contribution in [-0.4, -0.2) is 0 Å². The number of ether oxygens (including phenoxy) is 1. The Morgan fingerprint density at radius 2 is 1.71 bits per heavy atom. The lowest BCUT2D eigenvalue weighted by atomic mass is 9.83. The Kier molecular flexibility index (Phi) is 3.16. The molecule has 1 unspecified atom stereocenters. The first-order valence-electron chi connectivity index (χ1n) is 6.94. The number of nitrogens with two attached hydrogens (primary N) is 1. The van der Waals surface area contributed by atoms with Crippen molar-refractivity contribution in [3.05, 3.63) is 58.2 Å². The number of allylic oxidation sites excluding steroid dienone is 3. The SMILES string of the molecule is Cc1ccc(C2C(C#N)=C(N)OC(C3CC3)=C2C#N)cc1. The van der Waals surface area contributed by atoms with Gasteiger partial charge < -0.3 is 10.5 Å². The minimum atomic E-state index is -0.412. The minimum absolute atomic E-state index is 0.129. The molecule has 1 aliphatic heterocycles. The van der Waals surface area contributed by atoms with E-state index in [9.17, 15) is 10.5 Å². The van der Waals surface area contributed by atoms with E-state index in [1.165, 1.54) is 0 Å². The van der Waals surface area contributed by atoms with Crippen molar-refractivity contribution < 1.29 is 4.74 Å². The normalized spacial score (nSPS) is 21.6. The molecule has 2 aliphatic rings. The lowest BCUT2D eigenvalue weighted by molar-refractivity contribution is 0.260. The van der Waals surface area contributed by atoms with Crippen LogP contribution in [0.4, 0.5) is 0 Å². The second-order valence-electron chi connectivity index (χ2n) is 5.50. The summed E-state index contributed by atoms with van der Waals surface area (Å²) in [5.41, 5.74) is 8.78. The summed E-state index contributed by atoms with van der Waals surface area (Å²) in [5.74, 6) is 0.639. The van der Waals surface area contributed by atoms with Crippen LogP contribution in [0.1, 0.15) is 29.9 Å². The molecule has 1 heterocycles. The summed E-state index contributed by atoms with van der Waals surface area (Å²) >= 11 is 0. The van der Waals surface area contributed by atoms with Gasteiger partial charge in [0.1, 0.15) is 17.4 Å². The fourth-order valence-corrected chi connectivity index (χ4v) is 2.64. The van der Waals surface area contributed by atoms with Gasteiger partial charge in [0.2, 0.25) is 5.88 Å². The maximum Gasteiger partial charge on any atom is 0.205 e. The van der Waals surface area contributed by atoms with Gasteiger partial charge in [-0.05, 0) is 25.3 Å². The van der Waals surface area contributed by atoms with Crippen molar-refractivity contribution in [3.8, 4) is 12.1 Å². The van der Waals surface area contributed by atoms with Crippen LogP contribution in [0.5, 0.6) is 0 Å². The second-order valence-corrected chi connectivity index (χ2v) is 5.50. The molecule has 21 heavy (non-hydrogen) atoms. The molecule has 4 nitrogen and oxygen atoms in total. The molecule has 3 rings (SSSR count). The van der Waals surface area contributed by atoms with Gasteiger partial charge in [0, 0.05) is 5.92 Å². The zero-order chi connectivity index (χ0) is 15.0. The first-order chi connectivity index (χ1) is 10.2. The van der Waals surface area contributed by atoms with Crippen molar-refractivity contribution in [2.24, 2.45) is 11.7 Å². The zero-order valence-corrected chi connectivity index (χ0v) is 11.8. The highest BCUT2D eigenvalue weighted by molar-refractivity contribution is 5.54. The highest BCUT2D eigenvalue weighted by Gasteiger charge is 2.39.